The maximum atomic E-state index is 5.61. The summed E-state index contributed by atoms with van der Waals surface area (Å²) in [4.78, 5) is 2.56. The van der Waals surface area contributed by atoms with Crippen molar-refractivity contribution in [1.82, 2.24) is 10.2 Å². The van der Waals surface area contributed by atoms with Crippen molar-refractivity contribution < 1.29 is 9.47 Å². The van der Waals surface area contributed by atoms with Gasteiger partial charge in [0.1, 0.15) is 0 Å². The Morgan fingerprint density at radius 1 is 1.53 bits per heavy atom. The summed E-state index contributed by atoms with van der Waals surface area (Å²) in [5, 5.41) is 3.33. The maximum absolute atomic E-state index is 5.61. The Morgan fingerprint density at radius 3 is 3.06 bits per heavy atom. The van der Waals surface area contributed by atoms with Crippen LogP contribution in [-0.4, -0.2) is 64.6 Å². The van der Waals surface area contributed by atoms with E-state index in [2.05, 4.69) is 10.2 Å². The van der Waals surface area contributed by atoms with Crippen molar-refractivity contribution in [1.29, 1.82) is 0 Å². The van der Waals surface area contributed by atoms with Crippen LogP contribution < -0.4 is 5.32 Å². The summed E-state index contributed by atoms with van der Waals surface area (Å²) in [6, 6.07) is 0. The molecule has 4 nitrogen and oxygen atoms in total. The van der Waals surface area contributed by atoms with E-state index < -0.39 is 0 Å². The summed E-state index contributed by atoms with van der Waals surface area (Å²) in [7, 11) is 3.87. The minimum atomic E-state index is 0.324. The van der Waals surface area contributed by atoms with Crippen LogP contribution in [0.2, 0.25) is 0 Å². The third kappa shape index (κ3) is 3.41. The van der Waals surface area contributed by atoms with E-state index >= 15 is 0 Å². The predicted molar refractivity (Wildman–Crippen MR) is 68.3 cm³/mol. The second kappa shape index (κ2) is 6.14. The van der Waals surface area contributed by atoms with Gasteiger partial charge in [0.15, 0.2) is 0 Å². The molecule has 0 bridgehead atoms. The van der Waals surface area contributed by atoms with Crippen molar-refractivity contribution in [3.05, 3.63) is 0 Å². The van der Waals surface area contributed by atoms with Crippen molar-refractivity contribution in [3.8, 4) is 0 Å². The Kier molecular flexibility index (Phi) is 4.79. The van der Waals surface area contributed by atoms with Crippen LogP contribution in [0.4, 0.5) is 0 Å². The van der Waals surface area contributed by atoms with Gasteiger partial charge in [-0.1, -0.05) is 0 Å². The van der Waals surface area contributed by atoms with Crippen LogP contribution in [0.3, 0.4) is 0 Å². The molecular weight excluding hydrogens is 216 g/mol. The minimum Gasteiger partial charge on any atom is -0.381 e. The number of methoxy groups -OCH3 is 1. The number of rotatable bonds is 5. The van der Waals surface area contributed by atoms with Crippen LogP contribution in [-0.2, 0) is 9.47 Å². The molecule has 0 aromatic rings. The van der Waals surface area contributed by atoms with Gasteiger partial charge >= 0.3 is 0 Å². The van der Waals surface area contributed by atoms with Crippen LogP contribution in [0.15, 0.2) is 0 Å². The lowest BCUT2D eigenvalue weighted by molar-refractivity contribution is 0.0119. The zero-order chi connectivity index (χ0) is 12.1. The number of nitrogens with zero attached hydrogens (tertiary/aromatic N) is 1. The summed E-state index contributed by atoms with van der Waals surface area (Å²) in [6.45, 7) is 6.33. The first-order valence-corrected chi connectivity index (χ1v) is 6.75. The quantitative estimate of drug-likeness (QED) is 0.770. The first-order chi connectivity index (χ1) is 8.28. The van der Waals surface area contributed by atoms with Gasteiger partial charge in [0.05, 0.1) is 12.7 Å². The largest absolute Gasteiger partial charge is 0.381 e. The van der Waals surface area contributed by atoms with Crippen LogP contribution in [0.1, 0.15) is 19.3 Å². The van der Waals surface area contributed by atoms with E-state index in [0.717, 1.165) is 32.8 Å². The van der Waals surface area contributed by atoms with Gasteiger partial charge in [-0.15, -0.1) is 0 Å². The number of ether oxygens (including phenoxy) is 2. The average Bonchev–Trinajstić information content (AvgIpc) is 2.78. The van der Waals surface area contributed by atoms with Gasteiger partial charge in [0, 0.05) is 38.8 Å². The normalized spacial score (nSPS) is 35.3. The highest BCUT2D eigenvalue weighted by Gasteiger charge is 2.37. The number of piperidine rings is 1. The van der Waals surface area contributed by atoms with Gasteiger partial charge in [0.25, 0.3) is 0 Å². The number of nitrogens with one attached hydrogen (secondary N) is 1. The smallest absolute Gasteiger partial charge is 0.0698 e. The van der Waals surface area contributed by atoms with Crippen LogP contribution in [0.25, 0.3) is 0 Å². The molecule has 0 radical (unpaired) electrons. The molecule has 1 N–H and O–H groups in total. The molecule has 2 fully saturated rings. The van der Waals surface area contributed by atoms with Crippen molar-refractivity contribution in [2.45, 2.75) is 25.4 Å². The molecule has 17 heavy (non-hydrogen) atoms. The molecule has 0 aliphatic carbocycles. The van der Waals surface area contributed by atoms with Crippen LogP contribution in [0.5, 0.6) is 0 Å². The molecule has 100 valence electrons. The first kappa shape index (κ1) is 13.3. The fourth-order valence-corrected chi connectivity index (χ4v) is 3.17. The van der Waals surface area contributed by atoms with Gasteiger partial charge < -0.3 is 19.7 Å². The molecule has 2 atom stereocenters. The number of likely N-dealkylation sites (tertiary alicyclic amines) is 1. The highest BCUT2D eigenvalue weighted by molar-refractivity contribution is 4.89. The average molecular weight is 242 g/mol. The van der Waals surface area contributed by atoms with Crippen molar-refractivity contribution >= 4 is 0 Å². The molecule has 0 amide bonds. The standard InChI is InChI=1S/C13H26N2O2/c1-14-9-13(5-7-17-11-13)10-15-6-3-4-12(8-15)16-2/h12,14H,3-11H2,1-2H3. The lowest BCUT2D eigenvalue weighted by Crippen LogP contribution is -2.48. The van der Waals surface area contributed by atoms with E-state index in [0.29, 0.717) is 11.5 Å². The Bertz CT molecular complexity index is 229. The van der Waals surface area contributed by atoms with Gasteiger partial charge in [-0.05, 0) is 32.9 Å². The van der Waals surface area contributed by atoms with Gasteiger partial charge in [-0.25, -0.2) is 0 Å². The second-order valence-corrected chi connectivity index (χ2v) is 5.57. The zero-order valence-electron chi connectivity index (χ0n) is 11.2. The molecule has 2 rings (SSSR count). The first-order valence-electron chi connectivity index (χ1n) is 6.75. The molecule has 0 aromatic heterocycles. The molecule has 2 saturated heterocycles. The van der Waals surface area contributed by atoms with Crippen LogP contribution >= 0.6 is 0 Å². The van der Waals surface area contributed by atoms with Crippen molar-refractivity contribution in [2.24, 2.45) is 5.41 Å². The predicted octanol–water partition coefficient (Wildman–Crippen LogP) is 0.723. The fraction of sp³-hybridized carbons (Fsp3) is 1.00. The van der Waals surface area contributed by atoms with Crippen LogP contribution in [0, 0.1) is 5.41 Å². The summed E-state index contributed by atoms with van der Waals surface area (Å²) in [5.74, 6) is 0. The molecule has 0 saturated carbocycles. The summed E-state index contributed by atoms with van der Waals surface area (Å²) in [5.41, 5.74) is 0.324. The van der Waals surface area contributed by atoms with Crippen molar-refractivity contribution in [2.75, 3.05) is 53.6 Å². The van der Waals surface area contributed by atoms with Gasteiger partial charge in [0.2, 0.25) is 0 Å². The van der Waals surface area contributed by atoms with Gasteiger partial charge in [-0.3, -0.25) is 0 Å². The molecule has 4 heteroatoms. The summed E-state index contributed by atoms with van der Waals surface area (Å²) < 4.78 is 11.1. The molecule has 2 aliphatic rings. The van der Waals surface area contributed by atoms with E-state index in [4.69, 9.17) is 9.47 Å². The Labute approximate surface area is 105 Å². The molecule has 2 heterocycles. The minimum absolute atomic E-state index is 0.324. The Balaban J connectivity index is 1.88. The molecule has 2 aliphatic heterocycles. The Hall–Kier alpha value is -0.160. The lowest BCUT2D eigenvalue weighted by atomic mass is 9.86. The number of hydrogen-bond donors (Lipinski definition) is 1. The monoisotopic (exact) mass is 242 g/mol. The molecular formula is C13H26N2O2. The fourth-order valence-electron chi connectivity index (χ4n) is 3.17. The van der Waals surface area contributed by atoms with Gasteiger partial charge in [-0.2, -0.15) is 0 Å². The second-order valence-electron chi connectivity index (χ2n) is 5.57. The maximum Gasteiger partial charge on any atom is 0.0698 e. The van der Waals surface area contributed by atoms with Crippen molar-refractivity contribution in [3.63, 3.8) is 0 Å². The SMILES string of the molecule is CNCC1(CN2CCCC(OC)C2)CCOC1. The Morgan fingerprint density at radius 2 is 2.41 bits per heavy atom. The lowest BCUT2D eigenvalue weighted by Gasteiger charge is -2.38. The van der Waals surface area contributed by atoms with E-state index in [1.54, 1.807) is 0 Å². The van der Waals surface area contributed by atoms with E-state index in [-0.39, 0.29) is 0 Å². The topological polar surface area (TPSA) is 33.7 Å². The van der Waals surface area contributed by atoms with E-state index in [1.165, 1.54) is 25.8 Å². The third-order valence-corrected chi connectivity index (χ3v) is 4.09. The zero-order valence-corrected chi connectivity index (χ0v) is 11.2. The summed E-state index contributed by atoms with van der Waals surface area (Å²) >= 11 is 0. The van der Waals surface area contributed by atoms with E-state index in [1.807, 2.05) is 14.2 Å². The van der Waals surface area contributed by atoms with E-state index in [9.17, 15) is 0 Å². The highest BCUT2D eigenvalue weighted by Crippen LogP contribution is 2.30. The molecule has 2 unspecified atom stereocenters. The third-order valence-electron chi connectivity index (χ3n) is 4.09. The molecule has 0 aromatic carbocycles. The molecule has 0 spiro atoms. The highest BCUT2D eigenvalue weighted by atomic mass is 16.5. The number of hydrogen-bond acceptors (Lipinski definition) is 4. The summed E-state index contributed by atoms with van der Waals surface area (Å²) in [6.07, 6.45) is 4.08.